The molecule has 0 unspecified atom stereocenters. The van der Waals surface area contributed by atoms with Crippen LogP contribution in [0, 0.1) is 5.82 Å². The zero-order valence-electron chi connectivity index (χ0n) is 12.0. The molecule has 4 nitrogen and oxygen atoms in total. The van der Waals surface area contributed by atoms with E-state index in [4.69, 9.17) is 4.74 Å². The summed E-state index contributed by atoms with van der Waals surface area (Å²) in [5, 5.41) is 0. The van der Waals surface area contributed by atoms with E-state index in [-0.39, 0.29) is 17.9 Å². The molecule has 0 radical (unpaired) electrons. The quantitative estimate of drug-likeness (QED) is 0.467. The number of carbonyl (C=O) groups excluding carboxylic acids is 2. The van der Waals surface area contributed by atoms with Gasteiger partial charge in [0, 0.05) is 5.56 Å². The van der Waals surface area contributed by atoms with Crippen LogP contribution >= 0.6 is 0 Å². The van der Waals surface area contributed by atoms with Crippen molar-refractivity contribution in [3.05, 3.63) is 65.5 Å². The molecule has 0 fully saturated rings. The van der Waals surface area contributed by atoms with E-state index in [1.165, 1.54) is 19.2 Å². The molecule has 0 aliphatic heterocycles. The van der Waals surface area contributed by atoms with Crippen LogP contribution in [0.25, 0.3) is 0 Å². The minimum absolute atomic E-state index is 0.0541. The topological polar surface area (TPSA) is 52.6 Å². The smallest absolute Gasteiger partial charge is 0.313 e. The molecule has 0 saturated heterocycles. The van der Waals surface area contributed by atoms with Crippen molar-refractivity contribution < 1.29 is 23.5 Å². The minimum Gasteiger partial charge on any atom is -0.486 e. The maximum Gasteiger partial charge on any atom is 0.313 e. The van der Waals surface area contributed by atoms with Crippen LogP contribution in [0.3, 0.4) is 0 Å². The van der Waals surface area contributed by atoms with Gasteiger partial charge in [0.05, 0.1) is 7.11 Å². The lowest BCUT2D eigenvalue weighted by Gasteiger charge is -2.08. The molecule has 114 valence electrons. The zero-order chi connectivity index (χ0) is 15.9. The Kier molecular flexibility index (Phi) is 5.25. The van der Waals surface area contributed by atoms with Gasteiger partial charge in [-0.25, -0.2) is 4.39 Å². The number of esters is 1. The highest BCUT2D eigenvalue weighted by Crippen LogP contribution is 2.20. The summed E-state index contributed by atoms with van der Waals surface area (Å²) in [7, 11) is 1.19. The van der Waals surface area contributed by atoms with Crippen molar-refractivity contribution in [2.45, 2.75) is 13.0 Å². The Bertz CT molecular complexity index is 668. The second kappa shape index (κ2) is 7.36. The number of rotatable bonds is 6. The molecule has 22 heavy (non-hydrogen) atoms. The standard InChI is InChI=1S/C17H15FO4/c1-21-17(20)10-15(19)13-7-8-16(14(18)9-13)22-11-12-5-3-2-4-6-12/h2-9H,10-11H2,1H3. The average molecular weight is 302 g/mol. The molecule has 0 amide bonds. The fourth-order valence-electron chi connectivity index (χ4n) is 1.83. The molecule has 0 aliphatic rings. The first kappa shape index (κ1) is 15.7. The molecule has 2 rings (SSSR count). The summed E-state index contributed by atoms with van der Waals surface area (Å²) in [6.07, 6.45) is -0.417. The Labute approximate surface area is 127 Å². The molecule has 0 aromatic heterocycles. The second-order valence-electron chi connectivity index (χ2n) is 4.60. The number of carbonyl (C=O) groups is 2. The Morgan fingerprint density at radius 1 is 1.09 bits per heavy atom. The third-order valence-corrected chi connectivity index (χ3v) is 3.02. The van der Waals surface area contributed by atoms with Gasteiger partial charge >= 0.3 is 5.97 Å². The number of benzene rings is 2. The summed E-state index contributed by atoms with van der Waals surface area (Å²) in [4.78, 5) is 22.8. The van der Waals surface area contributed by atoms with Crippen LogP contribution in [0.2, 0.25) is 0 Å². The zero-order valence-corrected chi connectivity index (χ0v) is 12.0. The number of ketones is 1. The van der Waals surface area contributed by atoms with Gasteiger partial charge in [-0.3, -0.25) is 9.59 Å². The summed E-state index contributed by atoms with van der Waals surface area (Å²) < 4.78 is 23.7. The molecule has 2 aromatic rings. The van der Waals surface area contributed by atoms with Gasteiger partial charge in [-0.1, -0.05) is 30.3 Å². The van der Waals surface area contributed by atoms with Gasteiger partial charge in [-0.15, -0.1) is 0 Å². The Morgan fingerprint density at radius 3 is 2.45 bits per heavy atom. The SMILES string of the molecule is COC(=O)CC(=O)c1ccc(OCc2ccccc2)c(F)c1. The van der Waals surface area contributed by atoms with Crippen molar-refractivity contribution in [2.75, 3.05) is 7.11 Å². The van der Waals surface area contributed by atoms with E-state index < -0.39 is 24.0 Å². The number of halogens is 1. The van der Waals surface area contributed by atoms with Crippen molar-refractivity contribution in [3.63, 3.8) is 0 Å². The van der Waals surface area contributed by atoms with Crippen LogP contribution in [-0.4, -0.2) is 18.9 Å². The lowest BCUT2D eigenvalue weighted by atomic mass is 10.1. The van der Waals surface area contributed by atoms with Crippen molar-refractivity contribution in [3.8, 4) is 5.75 Å². The lowest BCUT2D eigenvalue weighted by Crippen LogP contribution is -2.10. The first-order valence-corrected chi connectivity index (χ1v) is 6.66. The van der Waals surface area contributed by atoms with E-state index in [1.54, 1.807) is 0 Å². The molecular weight excluding hydrogens is 287 g/mol. The Morgan fingerprint density at radius 2 is 1.82 bits per heavy atom. The molecule has 0 saturated carbocycles. The summed E-state index contributed by atoms with van der Waals surface area (Å²) in [6, 6.07) is 13.2. The van der Waals surface area contributed by atoms with Crippen LogP contribution in [0.1, 0.15) is 22.3 Å². The summed E-state index contributed by atoms with van der Waals surface area (Å²) >= 11 is 0. The van der Waals surface area contributed by atoms with Gasteiger partial charge in [0.25, 0.3) is 0 Å². The predicted octanol–water partition coefficient (Wildman–Crippen LogP) is 3.15. The fourth-order valence-corrected chi connectivity index (χ4v) is 1.83. The minimum atomic E-state index is -0.658. The molecule has 0 atom stereocenters. The van der Waals surface area contributed by atoms with Crippen molar-refractivity contribution in [1.82, 2.24) is 0 Å². The van der Waals surface area contributed by atoms with Crippen molar-refractivity contribution >= 4 is 11.8 Å². The van der Waals surface area contributed by atoms with Gasteiger partial charge in [-0.05, 0) is 23.8 Å². The Hall–Kier alpha value is -2.69. The van der Waals surface area contributed by atoms with E-state index in [9.17, 15) is 14.0 Å². The third kappa shape index (κ3) is 4.15. The normalized spacial score (nSPS) is 10.1. The molecule has 5 heteroatoms. The molecule has 0 aliphatic carbocycles. The molecule has 0 spiro atoms. The van der Waals surface area contributed by atoms with E-state index in [0.29, 0.717) is 0 Å². The van der Waals surface area contributed by atoms with E-state index in [1.807, 2.05) is 30.3 Å². The number of Topliss-reactive ketones (excluding diaryl/α,β-unsaturated/α-hetero) is 1. The molecule has 0 bridgehead atoms. The average Bonchev–Trinajstić information content (AvgIpc) is 2.54. The Balaban J connectivity index is 2.03. The summed E-state index contributed by atoms with van der Waals surface area (Å²) in [5.41, 5.74) is 1.02. The van der Waals surface area contributed by atoms with Gasteiger partial charge in [0.2, 0.25) is 0 Å². The van der Waals surface area contributed by atoms with Gasteiger partial charge in [-0.2, -0.15) is 0 Å². The van der Waals surface area contributed by atoms with Gasteiger partial charge < -0.3 is 9.47 Å². The van der Waals surface area contributed by atoms with Gasteiger partial charge in [0.1, 0.15) is 13.0 Å². The monoisotopic (exact) mass is 302 g/mol. The van der Waals surface area contributed by atoms with Crippen LogP contribution in [0.4, 0.5) is 4.39 Å². The summed E-state index contributed by atoms with van der Waals surface area (Å²) in [6.45, 7) is 0.229. The first-order chi connectivity index (χ1) is 10.6. The van der Waals surface area contributed by atoms with Crippen LogP contribution in [-0.2, 0) is 16.1 Å². The van der Waals surface area contributed by atoms with Crippen LogP contribution < -0.4 is 4.74 Å². The highest BCUT2D eigenvalue weighted by atomic mass is 19.1. The third-order valence-electron chi connectivity index (χ3n) is 3.02. The van der Waals surface area contributed by atoms with Crippen LogP contribution in [0.5, 0.6) is 5.75 Å². The predicted molar refractivity (Wildman–Crippen MR) is 78.1 cm³/mol. The summed E-state index contributed by atoms with van der Waals surface area (Å²) in [5.74, 6) is -1.75. The number of hydrogen-bond acceptors (Lipinski definition) is 4. The van der Waals surface area contributed by atoms with Gasteiger partial charge in [0.15, 0.2) is 17.3 Å². The van der Waals surface area contributed by atoms with Crippen molar-refractivity contribution in [1.29, 1.82) is 0 Å². The number of hydrogen-bond donors (Lipinski definition) is 0. The first-order valence-electron chi connectivity index (χ1n) is 6.66. The van der Waals surface area contributed by atoms with Crippen molar-refractivity contribution in [2.24, 2.45) is 0 Å². The molecule has 0 N–H and O–H groups in total. The van der Waals surface area contributed by atoms with E-state index >= 15 is 0 Å². The molecule has 2 aromatic carbocycles. The number of ether oxygens (including phenoxy) is 2. The fraction of sp³-hybridized carbons (Fsp3) is 0.176. The lowest BCUT2D eigenvalue weighted by molar-refractivity contribution is -0.139. The molecular formula is C17H15FO4. The number of methoxy groups -OCH3 is 1. The largest absolute Gasteiger partial charge is 0.486 e. The van der Waals surface area contributed by atoms with E-state index in [2.05, 4.69) is 4.74 Å². The van der Waals surface area contributed by atoms with Crippen LogP contribution in [0.15, 0.2) is 48.5 Å². The highest BCUT2D eigenvalue weighted by molar-refractivity contribution is 6.05. The maximum atomic E-state index is 13.9. The highest BCUT2D eigenvalue weighted by Gasteiger charge is 2.14. The maximum absolute atomic E-state index is 13.9. The van der Waals surface area contributed by atoms with E-state index in [0.717, 1.165) is 11.6 Å². The molecule has 0 heterocycles. The second-order valence-corrected chi connectivity index (χ2v) is 4.60.